The summed E-state index contributed by atoms with van der Waals surface area (Å²) in [5.74, 6) is 0. The van der Waals surface area contributed by atoms with Crippen LogP contribution in [-0.2, 0) is 6.42 Å². The van der Waals surface area contributed by atoms with Crippen LogP contribution < -0.4 is 0 Å². The summed E-state index contributed by atoms with van der Waals surface area (Å²) in [6.45, 7) is 5.65. The lowest BCUT2D eigenvalue weighted by molar-refractivity contribution is 1.20. The monoisotopic (exact) mass is 200 g/mol. The molecule has 0 atom stereocenters. The molecule has 0 nitrogen and oxygen atoms in total. The fourth-order valence-electron chi connectivity index (χ4n) is 1.08. The number of hydrogen-bond acceptors (Lipinski definition) is 0. The van der Waals surface area contributed by atoms with Crippen molar-refractivity contribution in [3.05, 3.63) is 46.0 Å². The summed E-state index contributed by atoms with van der Waals surface area (Å²) in [6.07, 6.45) is 0.646. The fourth-order valence-corrected chi connectivity index (χ4v) is 1.50. The van der Waals surface area contributed by atoms with Gasteiger partial charge in [0.1, 0.15) is 0 Å². The first kappa shape index (κ1) is 9.63. The maximum Gasteiger partial charge on any atom is 0.0444 e. The largest absolute Gasteiger partial charge is 0.0894 e. The van der Waals surface area contributed by atoms with Gasteiger partial charge in [-0.25, -0.2) is 0 Å². The van der Waals surface area contributed by atoms with Crippen LogP contribution >= 0.6 is 23.2 Å². The van der Waals surface area contributed by atoms with Crippen LogP contribution in [0.1, 0.15) is 11.1 Å². The number of aryl methyl sites for hydroxylation is 1. The lowest BCUT2D eigenvalue weighted by Crippen LogP contribution is -1.89. The summed E-state index contributed by atoms with van der Waals surface area (Å²) in [7, 11) is 0. The molecule has 2 heteroatoms. The standard InChI is InChI=1S/C10H10Cl2/c1-7-4-3-5-10(12)9(7)6-8(2)11/h3-5H,2,6H2,1H3. The van der Waals surface area contributed by atoms with Gasteiger partial charge in [-0.05, 0) is 24.1 Å². The van der Waals surface area contributed by atoms with Crippen LogP contribution in [0.4, 0.5) is 0 Å². The van der Waals surface area contributed by atoms with Crippen molar-refractivity contribution in [2.24, 2.45) is 0 Å². The highest BCUT2D eigenvalue weighted by Crippen LogP contribution is 2.22. The molecule has 0 bridgehead atoms. The minimum Gasteiger partial charge on any atom is -0.0894 e. The number of benzene rings is 1. The molecule has 64 valence electrons. The second-order valence-corrected chi connectivity index (χ2v) is 3.67. The van der Waals surface area contributed by atoms with E-state index in [1.807, 2.05) is 25.1 Å². The van der Waals surface area contributed by atoms with Gasteiger partial charge in [0, 0.05) is 16.5 Å². The van der Waals surface area contributed by atoms with Crippen molar-refractivity contribution in [1.29, 1.82) is 0 Å². The zero-order valence-electron chi connectivity index (χ0n) is 6.90. The van der Waals surface area contributed by atoms with Crippen molar-refractivity contribution < 1.29 is 0 Å². The topological polar surface area (TPSA) is 0 Å². The van der Waals surface area contributed by atoms with E-state index in [2.05, 4.69) is 6.58 Å². The molecule has 1 aromatic rings. The molecule has 0 N–H and O–H groups in total. The molecule has 0 saturated carbocycles. The average Bonchev–Trinajstić information content (AvgIpc) is 1.97. The Morgan fingerprint density at radius 1 is 1.50 bits per heavy atom. The van der Waals surface area contributed by atoms with Gasteiger partial charge in [-0.2, -0.15) is 0 Å². The van der Waals surface area contributed by atoms with E-state index in [1.54, 1.807) is 0 Å². The van der Waals surface area contributed by atoms with E-state index in [1.165, 1.54) is 0 Å². The molecule has 0 amide bonds. The van der Waals surface area contributed by atoms with Crippen LogP contribution in [0, 0.1) is 6.92 Å². The highest BCUT2D eigenvalue weighted by atomic mass is 35.5. The quantitative estimate of drug-likeness (QED) is 0.679. The molecule has 0 heterocycles. The summed E-state index contributed by atoms with van der Waals surface area (Å²) in [5.41, 5.74) is 2.23. The second kappa shape index (κ2) is 3.97. The molecule has 0 radical (unpaired) electrons. The van der Waals surface area contributed by atoms with Crippen molar-refractivity contribution >= 4 is 23.2 Å². The first-order valence-corrected chi connectivity index (χ1v) is 4.44. The molecule has 0 unspecified atom stereocenters. The molecule has 0 aliphatic heterocycles. The normalized spacial score (nSPS) is 9.92. The lowest BCUT2D eigenvalue weighted by Gasteiger charge is -2.05. The Bertz CT molecular complexity index is 282. The average molecular weight is 201 g/mol. The number of allylic oxidation sites excluding steroid dienone is 1. The van der Waals surface area contributed by atoms with Crippen LogP contribution in [0.5, 0.6) is 0 Å². The highest BCUT2D eigenvalue weighted by Gasteiger charge is 2.03. The molecule has 0 saturated heterocycles. The van der Waals surface area contributed by atoms with Crippen molar-refractivity contribution in [1.82, 2.24) is 0 Å². The molecule has 1 aromatic carbocycles. The lowest BCUT2D eigenvalue weighted by atomic mass is 10.1. The maximum absolute atomic E-state index is 5.97. The Balaban J connectivity index is 3.04. The minimum atomic E-state index is 0.617. The Morgan fingerprint density at radius 2 is 2.17 bits per heavy atom. The summed E-state index contributed by atoms with van der Waals surface area (Å²) in [4.78, 5) is 0. The zero-order chi connectivity index (χ0) is 9.14. The molecular formula is C10H10Cl2. The SMILES string of the molecule is C=C(Cl)Cc1c(C)cccc1Cl. The maximum atomic E-state index is 5.97. The predicted octanol–water partition coefficient (Wildman–Crippen LogP) is 3.94. The molecule has 1 rings (SSSR count). The third kappa shape index (κ3) is 2.26. The van der Waals surface area contributed by atoms with Crippen LogP contribution in [0.15, 0.2) is 29.8 Å². The number of rotatable bonds is 2. The number of hydrogen-bond donors (Lipinski definition) is 0. The second-order valence-electron chi connectivity index (χ2n) is 2.73. The molecule has 0 fully saturated rings. The van der Waals surface area contributed by atoms with E-state index in [4.69, 9.17) is 23.2 Å². The van der Waals surface area contributed by atoms with Gasteiger partial charge in [0.2, 0.25) is 0 Å². The zero-order valence-corrected chi connectivity index (χ0v) is 8.41. The van der Waals surface area contributed by atoms with E-state index in [0.29, 0.717) is 11.5 Å². The predicted molar refractivity (Wildman–Crippen MR) is 54.9 cm³/mol. The molecule has 12 heavy (non-hydrogen) atoms. The fraction of sp³-hybridized carbons (Fsp3) is 0.200. The van der Waals surface area contributed by atoms with Gasteiger partial charge in [0.05, 0.1) is 0 Å². The van der Waals surface area contributed by atoms with Gasteiger partial charge in [-0.3, -0.25) is 0 Å². The molecule has 0 aliphatic carbocycles. The van der Waals surface area contributed by atoms with Gasteiger partial charge >= 0.3 is 0 Å². The van der Waals surface area contributed by atoms with Crippen LogP contribution in [0.3, 0.4) is 0 Å². The van der Waals surface area contributed by atoms with Crippen LogP contribution in [0.25, 0.3) is 0 Å². The highest BCUT2D eigenvalue weighted by molar-refractivity contribution is 6.32. The van der Waals surface area contributed by atoms with Gasteiger partial charge < -0.3 is 0 Å². The Kier molecular flexibility index (Phi) is 3.19. The Labute approximate surface area is 82.8 Å². The Hall–Kier alpha value is -0.460. The van der Waals surface area contributed by atoms with Gasteiger partial charge in [-0.15, -0.1) is 0 Å². The van der Waals surface area contributed by atoms with Crippen molar-refractivity contribution in [3.63, 3.8) is 0 Å². The van der Waals surface area contributed by atoms with Crippen molar-refractivity contribution in [3.8, 4) is 0 Å². The summed E-state index contributed by atoms with van der Waals surface area (Å²) < 4.78 is 0. The first-order chi connectivity index (χ1) is 5.61. The molecule has 0 spiro atoms. The third-order valence-corrected chi connectivity index (χ3v) is 2.21. The van der Waals surface area contributed by atoms with E-state index in [9.17, 15) is 0 Å². The Morgan fingerprint density at radius 3 is 2.67 bits per heavy atom. The number of halogens is 2. The van der Waals surface area contributed by atoms with Gasteiger partial charge in [0.15, 0.2) is 0 Å². The molecule has 0 aromatic heterocycles. The summed E-state index contributed by atoms with van der Waals surface area (Å²) in [5, 5.41) is 1.38. The van der Waals surface area contributed by atoms with E-state index >= 15 is 0 Å². The van der Waals surface area contributed by atoms with E-state index in [0.717, 1.165) is 16.1 Å². The summed E-state index contributed by atoms with van der Waals surface area (Å²) >= 11 is 11.7. The minimum absolute atomic E-state index is 0.617. The molecule has 0 aliphatic rings. The van der Waals surface area contributed by atoms with Gasteiger partial charge in [0.25, 0.3) is 0 Å². The first-order valence-electron chi connectivity index (χ1n) is 3.68. The van der Waals surface area contributed by atoms with Crippen LogP contribution in [-0.4, -0.2) is 0 Å². The van der Waals surface area contributed by atoms with Gasteiger partial charge in [-0.1, -0.05) is 41.9 Å². The van der Waals surface area contributed by atoms with E-state index in [-0.39, 0.29) is 0 Å². The van der Waals surface area contributed by atoms with Crippen molar-refractivity contribution in [2.45, 2.75) is 13.3 Å². The third-order valence-electron chi connectivity index (χ3n) is 1.72. The summed E-state index contributed by atoms with van der Waals surface area (Å²) in [6, 6.07) is 5.81. The van der Waals surface area contributed by atoms with Crippen molar-refractivity contribution in [2.75, 3.05) is 0 Å². The van der Waals surface area contributed by atoms with Crippen LogP contribution in [0.2, 0.25) is 5.02 Å². The molecular weight excluding hydrogens is 191 g/mol. The smallest absolute Gasteiger partial charge is 0.0444 e. The van der Waals surface area contributed by atoms with E-state index < -0.39 is 0 Å².